The van der Waals surface area contributed by atoms with Gasteiger partial charge >= 0.3 is 0 Å². The van der Waals surface area contributed by atoms with Crippen molar-refractivity contribution in [3.63, 3.8) is 0 Å². The molecule has 9 nitrogen and oxygen atoms in total. The molecule has 172 valence electrons. The molecule has 4 heterocycles. The molecule has 0 radical (unpaired) electrons. The molecule has 1 fully saturated rings. The van der Waals surface area contributed by atoms with Crippen LogP contribution in [0.5, 0.6) is 11.5 Å². The molecule has 9 heteroatoms. The van der Waals surface area contributed by atoms with E-state index in [-0.39, 0.29) is 12.3 Å². The molecule has 33 heavy (non-hydrogen) atoms. The van der Waals surface area contributed by atoms with Gasteiger partial charge in [-0.25, -0.2) is 9.98 Å². The van der Waals surface area contributed by atoms with Crippen molar-refractivity contribution in [3.8, 4) is 11.5 Å². The number of imidazole rings is 1. The predicted octanol–water partition coefficient (Wildman–Crippen LogP) is 2.78. The average Bonchev–Trinajstić information content (AvgIpc) is 3.51. The van der Waals surface area contributed by atoms with Crippen LogP contribution in [0.1, 0.15) is 24.6 Å². The monoisotopic (exact) mass is 448 g/mol. The number of hydrogen-bond donors (Lipinski definition) is 1. The Labute approximate surface area is 192 Å². The van der Waals surface area contributed by atoms with Crippen LogP contribution in [0, 0.1) is 0 Å². The van der Waals surface area contributed by atoms with Gasteiger partial charge in [-0.2, -0.15) is 0 Å². The summed E-state index contributed by atoms with van der Waals surface area (Å²) < 4.78 is 19.2. The SMILES string of the molecule is COc1ccc([C@H]2NC3=NCN(C[C@@H]4CCCO4)CN3c3nc4ccccc4n32)c(OC)c1. The van der Waals surface area contributed by atoms with Gasteiger partial charge in [0.25, 0.3) is 0 Å². The number of aromatic nitrogens is 2. The van der Waals surface area contributed by atoms with Gasteiger partial charge in [0, 0.05) is 24.8 Å². The highest BCUT2D eigenvalue weighted by molar-refractivity contribution is 5.99. The maximum atomic E-state index is 5.86. The third-order valence-electron chi connectivity index (χ3n) is 6.58. The molecule has 3 aliphatic rings. The van der Waals surface area contributed by atoms with Gasteiger partial charge < -0.3 is 19.5 Å². The summed E-state index contributed by atoms with van der Waals surface area (Å²) in [4.78, 5) is 14.4. The van der Waals surface area contributed by atoms with Gasteiger partial charge in [0.05, 0.1) is 44.7 Å². The first-order valence-electron chi connectivity index (χ1n) is 11.4. The lowest BCUT2D eigenvalue weighted by Crippen LogP contribution is -2.58. The number of aliphatic imine (C=N–C) groups is 1. The molecule has 0 amide bonds. The van der Waals surface area contributed by atoms with Gasteiger partial charge in [0.2, 0.25) is 11.9 Å². The average molecular weight is 449 g/mol. The maximum absolute atomic E-state index is 5.86. The first kappa shape index (κ1) is 20.3. The number of hydrogen-bond acceptors (Lipinski definition) is 8. The second kappa shape index (κ2) is 8.24. The van der Waals surface area contributed by atoms with E-state index in [9.17, 15) is 0 Å². The summed E-state index contributed by atoms with van der Waals surface area (Å²) in [5.74, 6) is 3.20. The van der Waals surface area contributed by atoms with Crippen molar-refractivity contribution in [2.45, 2.75) is 25.1 Å². The molecule has 0 aliphatic carbocycles. The Kier molecular flexibility index (Phi) is 5.07. The van der Waals surface area contributed by atoms with E-state index in [0.717, 1.165) is 66.0 Å². The number of rotatable bonds is 5. The number of methoxy groups -OCH3 is 2. The first-order valence-corrected chi connectivity index (χ1v) is 11.4. The summed E-state index contributed by atoms with van der Waals surface area (Å²) in [7, 11) is 3.34. The molecule has 3 aromatic rings. The smallest absolute Gasteiger partial charge is 0.216 e. The van der Waals surface area contributed by atoms with E-state index >= 15 is 0 Å². The zero-order chi connectivity index (χ0) is 22.4. The van der Waals surface area contributed by atoms with Gasteiger partial charge in [-0.05, 0) is 37.1 Å². The van der Waals surface area contributed by atoms with Gasteiger partial charge in [-0.15, -0.1) is 0 Å². The molecule has 2 aromatic carbocycles. The number of guanidine groups is 1. The van der Waals surface area contributed by atoms with Crippen LogP contribution in [-0.2, 0) is 4.74 Å². The second-order valence-electron chi connectivity index (χ2n) is 8.61. The number of nitrogens with zero attached hydrogens (tertiary/aromatic N) is 5. The fraction of sp³-hybridized carbons (Fsp3) is 0.417. The number of para-hydroxylation sites is 2. The molecule has 0 spiro atoms. The standard InChI is InChI=1S/C24H28N6O3/c1-31-16-9-10-18(21(12-16)32-2)22-27-23-25-14-28(13-17-6-5-11-33-17)15-29(23)24-26-19-7-3-4-8-20(19)30(22)24/h3-4,7-10,12,17,22H,5-6,11,13-15H2,1-2H3,(H,25,27)/t17-,22-/m0/s1. The lowest BCUT2D eigenvalue weighted by atomic mass is 10.1. The fourth-order valence-corrected chi connectivity index (χ4v) is 4.96. The molecular formula is C24H28N6O3. The van der Waals surface area contributed by atoms with E-state index < -0.39 is 0 Å². The minimum absolute atomic E-state index is 0.215. The van der Waals surface area contributed by atoms with E-state index in [1.165, 1.54) is 0 Å². The zero-order valence-corrected chi connectivity index (χ0v) is 18.9. The molecule has 3 aliphatic heterocycles. The lowest BCUT2D eigenvalue weighted by molar-refractivity contribution is 0.0732. The Morgan fingerprint density at radius 1 is 1.15 bits per heavy atom. The molecule has 0 bridgehead atoms. The molecule has 0 saturated carbocycles. The van der Waals surface area contributed by atoms with Crippen LogP contribution in [0.2, 0.25) is 0 Å². The Bertz CT molecular complexity index is 1200. The minimum atomic E-state index is -0.215. The van der Waals surface area contributed by atoms with Gasteiger partial charge in [-0.3, -0.25) is 14.4 Å². The fourth-order valence-electron chi connectivity index (χ4n) is 4.96. The van der Waals surface area contributed by atoms with Crippen molar-refractivity contribution in [2.75, 3.05) is 45.6 Å². The van der Waals surface area contributed by atoms with Crippen LogP contribution in [0.4, 0.5) is 5.95 Å². The molecule has 6 rings (SSSR count). The highest BCUT2D eigenvalue weighted by Gasteiger charge is 2.37. The highest BCUT2D eigenvalue weighted by atomic mass is 16.5. The number of fused-ring (bicyclic) bond motifs is 5. The van der Waals surface area contributed by atoms with Crippen LogP contribution in [-0.4, -0.2) is 67.2 Å². The quantitative estimate of drug-likeness (QED) is 0.643. The normalized spacial score (nSPS) is 22.5. The minimum Gasteiger partial charge on any atom is -0.497 e. The van der Waals surface area contributed by atoms with Crippen LogP contribution < -0.4 is 19.7 Å². The number of benzene rings is 2. The Balaban J connectivity index is 1.43. The van der Waals surface area contributed by atoms with Crippen LogP contribution in [0.3, 0.4) is 0 Å². The third-order valence-corrected chi connectivity index (χ3v) is 6.58. The van der Waals surface area contributed by atoms with E-state index in [1.807, 2.05) is 36.4 Å². The topological polar surface area (TPSA) is 76.4 Å². The highest BCUT2D eigenvalue weighted by Crippen LogP contribution is 2.38. The number of ether oxygens (including phenoxy) is 3. The van der Waals surface area contributed by atoms with Crippen molar-refractivity contribution in [2.24, 2.45) is 4.99 Å². The van der Waals surface area contributed by atoms with Crippen molar-refractivity contribution in [1.29, 1.82) is 0 Å². The van der Waals surface area contributed by atoms with Gasteiger partial charge in [-0.1, -0.05) is 12.1 Å². The number of anilines is 1. The van der Waals surface area contributed by atoms with Crippen molar-refractivity contribution < 1.29 is 14.2 Å². The lowest BCUT2D eigenvalue weighted by Gasteiger charge is -2.42. The van der Waals surface area contributed by atoms with E-state index in [0.29, 0.717) is 13.3 Å². The summed E-state index contributed by atoms with van der Waals surface area (Å²) in [5, 5.41) is 3.65. The molecule has 1 saturated heterocycles. The van der Waals surface area contributed by atoms with Crippen LogP contribution >= 0.6 is 0 Å². The number of nitrogens with one attached hydrogen (secondary N) is 1. The van der Waals surface area contributed by atoms with Crippen molar-refractivity contribution >= 4 is 22.9 Å². The summed E-state index contributed by atoms with van der Waals surface area (Å²) >= 11 is 0. The van der Waals surface area contributed by atoms with Gasteiger partial charge in [0.1, 0.15) is 17.7 Å². The molecule has 2 atom stereocenters. The van der Waals surface area contributed by atoms with Crippen molar-refractivity contribution in [1.82, 2.24) is 19.8 Å². The summed E-state index contributed by atoms with van der Waals surface area (Å²) in [5.41, 5.74) is 2.99. The van der Waals surface area contributed by atoms with Crippen molar-refractivity contribution in [3.05, 3.63) is 48.0 Å². The van der Waals surface area contributed by atoms with E-state index in [2.05, 4.69) is 25.8 Å². The van der Waals surface area contributed by atoms with Crippen LogP contribution in [0.15, 0.2) is 47.5 Å². The Morgan fingerprint density at radius 3 is 2.88 bits per heavy atom. The summed E-state index contributed by atoms with van der Waals surface area (Å²) in [6, 6.07) is 14.1. The molecule has 0 unspecified atom stereocenters. The second-order valence-corrected chi connectivity index (χ2v) is 8.61. The Hall–Kier alpha value is -3.30. The van der Waals surface area contributed by atoms with Crippen LogP contribution in [0.25, 0.3) is 11.0 Å². The summed E-state index contributed by atoms with van der Waals surface area (Å²) in [6.07, 6.45) is 2.32. The third kappa shape index (κ3) is 3.48. The first-order chi connectivity index (χ1) is 16.2. The Morgan fingerprint density at radius 2 is 2.06 bits per heavy atom. The largest absolute Gasteiger partial charge is 0.497 e. The summed E-state index contributed by atoms with van der Waals surface area (Å²) in [6.45, 7) is 3.08. The molecule has 1 N–H and O–H groups in total. The molecular weight excluding hydrogens is 420 g/mol. The molecule has 1 aromatic heterocycles. The zero-order valence-electron chi connectivity index (χ0n) is 18.9. The maximum Gasteiger partial charge on any atom is 0.216 e. The van der Waals surface area contributed by atoms with Gasteiger partial charge in [0.15, 0.2) is 0 Å². The van der Waals surface area contributed by atoms with E-state index in [1.54, 1.807) is 14.2 Å². The predicted molar refractivity (Wildman–Crippen MR) is 126 cm³/mol. The van der Waals surface area contributed by atoms with E-state index in [4.69, 9.17) is 24.2 Å².